The Kier molecular flexibility index (Phi) is 2.39. The molecule has 0 aliphatic heterocycles. The van der Waals surface area contributed by atoms with Gasteiger partial charge < -0.3 is 5.11 Å². The maximum atomic E-state index is 9.43. The van der Waals surface area contributed by atoms with Gasteiger partial charge in [0.1, 0.15) is 11.8 Å². The largest absolute Gasteiger partial charge is 0.505 e. The molecule has 0 radical (unpaired) electrons. The highest BCUT2D eigenvalue weighted by Gasteiger charge is 2.10. The molecule has 1 N–H and O–H groups in total. The lowest BCUT2D eigenvalue weighted by Gasteiger charge is -2.06. The van der Waals surface area contributed by atoms with Crippen molar-refractivity contribution < 1.29 is 5.11 Å². The summed E-state index contributed by atoms with van der Waals surface area (Å²) in [5, 5.41) is 18.2. The molecule has 0 aliphatic rings. The Labute approximate surface area is 79.6 Å². The van der Waals surface area contributed by atoms with E-state index in [-0.39, 0.29) is 5.75 Å². The van der Waals surface area contributed by atoms with E-state index in [1.165, 1.54) is 0 Å². The van der Waals surface area contributed by atoms with Crippen LogP contribution in [-0.2, 0) is 0 Å². The molecule has 0 aliphatic carbocycles. The Hall–Kier alpha value is -1.01. The predicted molar refractivity (Wildman–Crippen MR) is 50.0 cm³/mol. The lowest BCUT2D eigenvalue weighted by molar-refractivity contribution is 0.469. The number of aryl methyl sites for hydroxylation is 1. The summed E-state index contributed by atoms with van der Waals surface area (Å²) < 4.78 is 0.571. The van der Waals surface area contributed by atoms with Crippen LogP contribution in [0.5, 0.6) is 5.75 Å². The summed E-state index contributed by atoms with van der Waals surface area (Å²) in [5.74, 6) is 0.0283. The van der Waals surface area contributed by atoms with E-state index in [1.807, 2.05) is 19.9 Å². The van der Waals surface area contributed by atoms with Gasteiger partial charge in [0.2, 0.25) is 0 Å². The first kappa shape index (κ1) is 9.08. The summed E-state index contributed by atoms with van der Waals surface area (Å²) in [6.07, 6.45) is 0. The van der Waals surface area contributed by atoms with Crippen molar-refractivity contribution in [3.63, 3.8) is 0 Å². The molecule has 0 fully saturated rings. The zero-order valence-electron chi connectivity index (χ0n) is 6.85. The maximum absolute atomic E-state index is 9.43. The number of phenols is 1. The van der Waals surface area contributed by atoms with Gasteiger partial charge in [-0.2, -0.15) is 5.26 Å². The van der Waals surface area contributed by atoms with E-state index >= 15 is 0 Å². The van der Waals surface area contributed by atoms with Gasteiger partial charge in [-0.25, -0.2) is 0 Å². The smallest absolute Gasteiger partial charge is 0.147 e. The van der Waals surface area contributed by atoms with Gasteiger partial charge in [-0.3, -0.25) is 0 Å². The molecule has 0 heterocycles. The first-order valence-corrected chi connectivity index (χ1v) is 4.26. The SMILES string of the molecule is Cc1cc(Br)c(O)c(C#N)c1C. The molecular formula is C9H8BrNO. The molecule has 0 saturated carbocycles. The summed E-state index contributed by atoms with van der Waals surface area (Å²) in [4.78, 5) is 0. The molecule has 0 unspecified atom stereocenters. The normalized spacial score (nSPS) is 9.50. The average Bonchev–Trinajstić information content (AvgIpc) is 2.02. The molecule has 1 aromatic carbocycles. The van der Waals surface area contributed by atoms with Crippen LogP contribution in [0.25, 0.3) is 0 Å². The minimum atomic E-state index is 0.0283. The highest BCUT2D eigenvalue weighted by molar-refractivity contribution is 9.10. The Balaban J connectivity index is 3.56. The lowest BCUT2D eigenvalue weighted by atomic mass is 10.0. The number of hydrogen-bond donors (Lipinski definition) is 1. The number of rotatable bonds is 0. The summed E-state index contributed by atoms with van der Waals surface area (Å²) in [6.45, 7) is 3.72. The fourth-order valence-electron chi connectivity index (χ4n) is 0.998. The van der Waals surface area contributed by atoms with Crippen LogP contribution in [0, 0.1) is 25.2 Å². The van der Waals surface area contributed by atoms with Crippen LogP contribution in [0.15, 0.2) is 10.5 Å². The van der Waals surface area contributed by atoms with E-state index in [0.717, 1.165) is 11.1 Å². The van der Waals surface area contributed by atoms with E-state index in [2.05, 4.69) is 15.9 Å². The monoisotopic (exact) mass is 225 g/mol. The molecule has 3 heteroatoms. The molecule has 12 heavy (non-hydrogen) atoms. The number of benzene rings is 1. The number of nitrogens with zero attached hydrogens (tertiary/aromatic N) is 1. The molecule has 2 nitrogen and oxygen atoms in total. The van der Waals surface area contributed by atoms with Gasteiger partial charge in [0, 0.05) is 0 Å². The molecule has 0 aromatic heterocycles. The molecule has 62 valence electrons. The lowest BCUT2D eigenvalue weighted by Crippen LogP contribution is -1.88. The number of nitriles is 1. The van der Waals surface area contributed by atoms with Crippen LogP contribution in [0.2, 0.25) is 0 Å². The molecule has 0 saturated heterocycles. The molecule has 0 atom stereocenters. The van der Waals surface area contributed by atoms with Crippen molar-refractivity contribution in [3.05, 3.63) is 27.2 Å². The number of hydrogen-bond acceptors (Lipinski definition) is 2. The van der Waals surface area contributed by atoms with Gasteiger partial charge in [0.15, 0.2) is 0 Å². The highest BCUT2D eigenvalue weighted by atomic mass is 79.9. The van der Waals surface area contributed by atoms with Gasteiger partial charge in [0.05, 0.1) is 10.0 Å². The van der Waals surface area contributed by atoms with Crippen LogP contribution < -0.4 is 0 Å². The quantitative estimate of drug-likeness (QED) is 0.738. The van der Waals surface area contributed by atoms with Gasteiger partial charge in [-0.15, -0.1) is 0 Å². The van der Waals surface area contributed by atoms with Crippen LogP contribution in [0.3, 0.4) is 0 Å². The zero-order valence-corrected chi connectivity index (χ0v) is 8.44. The third-order valence-electron chi connectivity index (χ3n) is 1.88. The van der Waals surface area contributed by atoms with Crippen molar-refractivity contribution >= 4 is 15.9 Å². The van der Waals surface area contributed by atoms with Crippen molar-refractivity contribution in [1.29, 1.82) is 5.26 Å². The summed E-state index contributed by atoms with van der Waals surface area (Å²) >= 11 is 3.17. The standard InChI is InChI=1S/C9H8BrNO/c1-5-3-8(10)9(12)7(4-11)6(5)2/h3,12H,1-2H3. The molecule has 0 spiro atoms. The highest BCUT2D eigenvalue weighted by Crippen LogP contribution is 2.31. The predicted octanol–water partition coefficient (Wildman–Crippen LogP) is 2.64. The Morgan fingerprint density at radius 1 is 1.50 bits per heavy atom. The average molecular weight is 226 g/mol. The van der Waals surface area contributed by atoms with Crippen molar-refractivity contribution in [2.75, 3.05) is 0 Å². The molecule has 0 amide bonds. The minimum absolute atomic E-state index is 0.0283. The Morgan fingerprint density at radius 3 is 2.58 bits per heavy atom. The van der Waals surface area contributed by atoms with E-state index in [1.54, 1.807) is 6.07 Å². The first-order chi connectivity index (χ1) is 5.57. The van der Waals surface area contributed by atoms with Gasteiger partial charge in [-0.05, 0) is 47.0 Å². The van der Waals surface area contributed by atoms with Crippen LogP contribution in [0.4, 0.5) is 0 Å². The van der Waals surface area contributed by atoms with Crippen molar-refractivity contribution in [2.45, 2.75) is 13.8 Å². The van der Waals surface area contributed by atoms with Crippen molar-refractivity contribution in [1.82, 2.24) is 0 Å². The molecule has 1 rings (SSSR count). The van der Waals surface area contributed by atoms with Gasteiger partial charge in [-0.1, -0.05) is 0 Å². The Morgan fingerprint density at radius 2 is 2.08 bits per heavy atom. The molecule has 0 bridgehead atoms. The fourth-order valence-corrected chi connectivity index (χ4v) is 1.54. The van der Waals surface area contributed by atoms with Gasteiger partial charge >= 0.3 is 0 Å². The summed E-state index contributed by atoms with van der Waals surface area (Å²) in [6, 6.07) is 3.76. The zero-order chi connectivity index (χ0) is 9.30. The number of phenolic OH excluding ortho intramolecular Hbond substituents is 1. The second-order valence-corrected chi connectivity index (χ2v) is 3.49. The van der Waals surface area contributed by atoms with Crippen LogP contribution in [0.1, 0.15) is 16.7 Å². The maximum Gasteiger partial charge on any atom is 0.147 e. The van der Waals surface area contributed by atoms with E-state index in [4.69, 9.17) is 5.26 Å². The summed E-state index contributed by atoms with van der Waals surface area (Å²) in [5.41, 5.74) is 2.18. The fraction of sp³-hybridized carbons (Fsp3) is 0.222. The summed E-state index contributed by atoms with van der Waals surface area (Å²) in [7, 11) is 0. The van der Waals surface area contributed by atoms with E-state index in [0.29, 0.717) is 10.0 Å². The Bertz CT molecular complexity index is 340. The second kappa shape index (κ2) is 3.16. The molecular weight excluding hydrogens is 218 g/mol. The third kappa shape index (κ3) is 1.30. The minimum Gasteiger partial charge on any atom is -0.505 e. The number of aromatic hydroxyl groups is 1. The molecule has 1 aromatic rings. The van der Waals surface area contributed by atoms with Crippen LogP contribution in [-0.4, -0.2) is 5.11 Å². The van der Waals surface area contributed by atoms with Crippen LogP contribution >= 0.6 is 15.9 Å². The van der Waals surface area contributed by atoms with E-state index < -0.39 is 0 Å². The van der Waals surface area contributed by atoms with Crippen molar-refractivity contribution in [2.24, 2.45) is 0 Å². The van der Waals surface area contributed by atoms with Crippen molar-refractivity contribution in [3.8, 4) is 11.8 Å². The third-order valence-corrected chi connectivity index (χ3v) is 2.49. The van der Waals surface area contributed by atoms with E-state index in [9.17, 15) is 5.11 Å². The first-order valence-electron chi connectivity index (χ1n) is 3.46. The second-order valence-electron chi connectivity index (χ2n) is 2.64. The van der Waals surface area contributed by atoms with Gasteiger partial charge in [0.25, 0.3) is 0 Å². The topological polar surface area (TPSA) is 44.0 Å². The number of halogens is 1.